The summed E-state index contributed by atoms with van der Waals surface area (Å²) in [6.07, 6.45) is 3.51. The van der Waals surface area contributed by atoms with Crippen LogP contribution in [-0.4, -0.2) is 20.5 Å². The van der Waals surface area contributed by atoms with Crippen molar-refractivity contribution in [2.24, 2.45) is 5.92 Å². The Labute approximate surface area is 106 Å². The van der Waals surface area contributed by atoms with E-state index >= 15 is 0 Å². The minimum Gasteiger partial charge on any atom is -0.481 e. The van der Waals surface area contributed by atoms with Gasteiger partial charge in [-0.05, 0) is 18.1 Å². The molecule has 0 saturated carbocycles. The first-order valence-corrected chi connectivity index (χ1v) is 6.24. The predicted molar refractivity (Wildman–Crippen MR) is 69.7 cm³/mol. The molecule has 2 heterocycles. The van der Waals surface area contributed by atoms with Gasteiger partial charge in [-0.3, -0.25) is 4.79 Å². The molecule has 0 aromatic carbocycles. The number of fused-ring (bicyclic) bond motifs is 1. The van der Waals surface area contributed by atoms with Crippen LogP contribution in [0.5, 0.6) is 0 Å². The van der Waals surface area contributed by atoms with Crippen LogP contribution in [0.3, 0.4) is 0 Å². The fraction of sp³-hybridized carbons (Fsp3) is 0.429. The number of nitrogens with zero attached hydrogens (tertiary/aromatic N) is 2. The van der Waals surface area contributed by atoms with Crippen LogP contribution in [0.15, 0.2) is 24.4 Å². The van der Waals surface area contributed by atoms with Crippen LogP contribution in [-0.2, 0) is 17.6 Å². The number of hydrogen-bond acceptors (Lipinski definition) is 2. The quantitative estimate of drug-likeness (QED) is 0.882. The summed E-state index contributed by atoms with van der Waals surface area (Å²) in [6, 6.07) is 5.92. The van der Waals surface area contributed by atoms with Gasteiger partial charge in [-0.15, -0.1) is 0 Å². The second-order valence-corrected chi connectivity index (χ2v) is 4.92. The fourth-order valence-electron chi connectivity index (χ4n) is 2.09. The summed E-state index contributed by atoms with van der Waals surface area (Å²) in [7, 11) is 0. The van der Waals surface area contributed by atoms with E-state index in [1.54, 1.807) is 0 Å². The van der Waals surface area contributed by atoms with Gasteiger partial charge in [0.25, 0.3) is 0 Å². The summed E-state index contributed by atoms with van der Waals surface area (Å²) in [5.41, 5.74) is 1.91. The summed E-state index contributed by atoms with van der Waals surface area (Å²) in [4.78, 5) is 15.3. The van der Waals surface area contributed by atoms with Crippen molar-refractivity contribution >= 4 is 11.5 Å². The maximum Gasteiger partial charge on any atom is 0.303 e. The Morgan fingerprint density at radius 2 is 2.22 bits per heavy atom. The third-order valence-corrected chi connectivity index (χ3v) is 2.86. The van der Waals surface area contributed by atoms with Crippen molar-refractivity contribution in [3.63, 3.8) is 0 Å². The van der Waals surface area contributed by atoms with Gasteiger partial charge in [0, 0.05) is 19.0 Å². The summed E-state index contributed by atoms with van der Waals surface area (Å²) in [5.74, 6) is 0.765. The molecule has 0 aliphatic carbocycles. The molecule has 0 atom stereocenters. The number of rotatable bonds is 5. The number of aromatic nitrogens is 2. The SMILES string of the molecule is CC(C)Cc1nc(CCC(=O)O)c2ccccn12. The Balaban J connectivity index is 2.37. The third kappa shape index (κ3) is 2.70. The van der Waals surface area contributed by atoms with Crippen molar-refractivity contribution in [3.05, 3.63) is 35.9 Å². The molecule has 96 valence electrons. The highest BCUT2D eigenvalue weighted by Gasteiger charge is 2.12. The Morgan fingerprint density at radius 3 is 2.89 bits per heavy atom. The lowest BCUT2D eigenvalue weighted by molar-refractivity contribution is -0.136. The fourth-order valence-corrected chi connectivity index (χ4v) is 2.09. The van der Waals surface area contributed by atoms with E-state index in [4.69, 9.17) is 5.11 Å². The molecule has 0 saturated heterocycles. The van der Waals surface area contributed by atoms with Gasteiger partial charge in [-0.2, -0.15) is 0 Å². The third-order valence-electron chi connectivity index (χ3n) is 2.86. The summed E-state index contributed by atoms with van der Waals surface area (Å²) >= 11 is 0. The van der Waals surface area contributed by atoms with Gasteiger partial charge < -0.3 is 9.51 Å². The highest BCUT2D eigenvalue weighted by molar-refractivity contribution is 5.67. The molecule has 2 rings (SSSR count). The average molecular weight is 246 g/mol. The Hall–Kier alpha value is -1.84. The summed E-state index contributed by atoms with van der Waals surface area (Å²) in [6.45, 7) is 4.31. The van der Waals surface area contributed by atoms with Gasteiger partial charge in [0.05, 0.1) is 17.6 Å². The Bertz CT molecular complexity index is 558. The minimum absolute atomic E-state index is 0.128. The van der Waals surface area contributed by atoms with Gasteiger partial charge in [0.2, 0.25) is 0 Å². The number of carboxylic acids is 1. The van der Waals surface area contributed by atoms with Gasteiger partial charge in [-0.25, -0.2) is 4.98 Å². The van der Waals surface area contributed by atoms with E-state index in [9.17, 15) is 4.79 Å². The molecule has 0 amide bonds. The first-order valence-electron chi connectivity index (χ1n) is 6.24. The molecule has 0 aliphatic heterocycles. The van der Waals surface area contributed by atoms with Crippen LogP contribution in [0, 0.1) is 5.92 Å². The molecule has 4 heteroatoms. The highest BCUT2D eigenvalue weighted by atomic mass is 16.4. The van der Waals surface area contributed by atoms with Gasteiger partial charge in [-0.1, -0.05) is 19.9 Å². The number of carbonyl (C=O) groups is 1. The van der Waals surface area contributed by atoms with Crippen molar-refractivity contribution in [3.8, 4) is 0 Å². The molecule has 2 aromatic rings. The molecule has 0 unspecified atom stereocenters. The first kappa shape index (κ1) is 12.6. The van der Waals surface area contributed by atoms with E-state index in [1.165, 1.54) is 0 Å². The standard InChI is InChI=1S/C14H18N2O2/c1-10(2)9-13-15-11(6-7-14(17)18)12-5-3-4-8-16(12)13/h3-5,8,10H,6-7,9H2,1-2H3,(H,17,18). The number of aliphatic carboxylic acids is 1. The molecule has 18 heavy (non-hydrogen) atoms. The van der Waals surface area contributed by atoms with Gasteiger partial charge in [0.1, 0.15) is 5.82 Å². The topological polar surface area (TPSA) is 54.6 Å². The van der Waals surface area contributed by atoms with Crippen LogP contribution in [0.1, 0.15) is 31.8 Å². The summed E-state index contributed by atoms with van der Waals surface area (Å²) < 4.78 is 2.07. The van der Waals surface area contributed by atoms with Crippen molar-refractivity contribution in [2.45, 2.75) is 33.1 Å². The van der Waals surface area contributed by atoms with E-state index in [-0.39, 0.29) is 6.42 Å². The number of imidazole rings is 1. The lowest BCUT2D eigenvalue weighted by Gasteiger charge is -2.03. The van der Waals surface area contributed by atoms with E-state index in [0.29, 0.717) is 12.3 Å². The average Bonchev–Trinajstić information content (AvgIpc) is 2.65. The second kappa shape index (κ2) is 5.21. The predicted octanol–water partition coefficient (Wildman–Crippen LogP) is 2.55. The monoisotopic (exact) mass is 246 g/mol. The normalized spacial score (nSPS) is 11.3. The van der Waals surface area contributed by atoms with Crippen LogP contribution in [0.4, 0.5) is 0 Å². The molecule has 0 bridgehead atoms. The zero-order valence-electron chi connectivity index (χ0n) is 10.8. The van der Waals surface area contributed by atoms with Gasteiger partial charge >= 0.3 is 5.97 Å². The Kier molecular flexibility index (Phi) is 3.65. The number of carboxylic acid groups (broad SMARTS) is 1. The van der Waals surface area contributed by atoms with Crippen LogP contribution in [0.25, 0.3) is 5.52 Å². The maximum absolute atomic E-state index is 10.7. The van der Waals surface area contributed by atoms with Crippen molar-refractivity contribution < 1.29 is 9.90 Å². The van der Waals surface area contributed by atoms with E-state index in [1.807, 2.05) is 24.4 Å². The molecule has 0 aliphatic rings. The molecule has 0 spiro atoms. The number of hydrogen-bond donors (Lipinski definition) is 1. The zero-order chi connectivity index (χ0) is 13.1. The van der Waals surface area contributed by atoms with Crippen LogP contribution in [0.2, 0.25) is 0 Å². The van der Waals surface area contributed by atoms with Crippen molar-refractivity contribution in [1.82, 2.24) is 9.38 Å². The lowest BCUT2D eigenvalue weighted by Crippen LogP contribution is -2.00. The molecule has 2 aromatic heterocycles. The molecule has 0 fully saturated rings. The lowest BCUT2D eigenvalue weighted by atomic mass is 10.1. The largest absolute Gasteiger partial charge is 0.481 e. The Morgan fingerprint density at radius 1 is 1.44 bits per heavy atom. The molecule has 1 N–H and O–H groups in total. The van der Waals surface area contributed by atoms with Crippen LogP contribution < -0.4 is 0 Å². The smallest absolute Gasteiger partial charge is 0.303 e. The molecular formula is C14H18N2O2. The summed E-state index contributed by atoms with van der Waals surface area (Å²) in [5, 5.41) is 8.76. The van der Waals surface area contributed by atoms with Crippen molar-refractivity contribution in [2.75, 3.05) is 0 Å². The second-order valence-electron chi connectivity index (χ2n) is 4.92. The van der Waals surface area contributed by atoms with Gasteiger partial charge in [0.15, 0.2) is 0 Å². The first-order chi connectivity index (χ1) is 8.58. The van der Waals surface area contributed by atoms with Crippen LogP contribution >= 0.6 is 0 Å². The highest BCUT2D eigenvalue weighted by Crippen LogP contribution is 2.17. The molecular weight excluding hydrogens is 228 g/mol. The molecule has 0 radical (unpaired) electrons. The van der Waals surface area contributed by atoms with Crippen molar-refractivity contribution in [1.29, 1.82) is 0 Å². The van der Waals surface area contributed by atoms with E-state index in [2.05, 4.69) is 23.2 Å². The zero-order valence-corrected chi connectivity index (χ0v) is 10.8. The minimum atomic E-state index is -0.780. The number of aryl methyl sites for hydroxylation is 1. The van der Waals surface area contributed by atoms with E-state index < -0.39 is 5.97 Å². The molecule has 4 nitrogen and oxygen atoms in total. The maximum atomic E-state index is 10.7. The number of pyridine rings is 1. The van der Waals surface area contributed by atoms with E-state index in [0.717, 1.165) is 23.5 Å².